The molecule has 4 nitrogen and oxygen atoms in total. The van der Waals surface area contributed by atoms with E-state index in [1.807, 2.05) is 24.3 Å². The quantitative estimate of drug-likeness (QED) is 0.731. The van der Waals surface area contributed by atoms with E-state index in [9.17, 15) is 4.79 Å². The Balaban J connectivity index is 2.26. The van der Waals surface area contributed by atoms with E-state index < -0.39 is 0 Å². The van der Waals surface area contributed by atoms with Gasteiger partial charge in [-0.05, 0) is 31.9 Å². The van der Waals surface area contributed by atoms with Gasteiger partial charge in [0.15, 0.2) is 0 Å². The van der Waals surface area contributed by atoms with Crippen molar-refractivity contribution in [1.29, 1.82) is 0 Å². The third-order valence-corrected chi connectivity index (χ3v) is 2.70. The van der Waals surface area contributed by atoms with Crippen LogP contribution in [-0.2, 0) is 17.9 Å². The Morgan fingerprint density at radius 3 is 2.26 bits per heavy atom. The van der Waals surface area contributed by atoms with Crippen LogP contribution in [0, 0.1) is 0 Å². The van der Waals surface area contributed by atoms with Crippen LogP contribution in [0.1, 0.15) is 38.3 Å². The first-order chi connectivity index (χ1) is 8.90. The molecule has 0 aliphatic carbocycles. The minimum atomic E-state index is 0.0421. The molecule has 0 aromatic heterocycles. The first kappa shape index (κ1) is 15.7. The van der Waals surface area contributed by atoms with Gasteiger partial charge in [-0.1, -0.05) is 24.3 Å². The predicted molar refractivity (Wildman–Crippen MR) is 76.6 cm³/mol. The molecule has 19 heavy (non-hydrogen) atoms. The fourth-order valence-electron chi connectivity index (χ4n) is 1.60. The summed E-state index contributed by atoms with van der Waals surface area (Å²) in [5, 5.41) is 15.1. The van der Waals surface area contributed by atoms with Crippen LogP contribution in [-0.4, -0.2) is 23.1 Å². The highest BCUT2D eigenvalue weighted by atomic mass is 16.3. The molecule has 106 valence electrons. The lowest BCUT2D eigenvalue weighted by atomic mass is 10.1. The smallest absolute Gasteiger partial charge is 0.221 e. The monoisotopic (exact) mass is 264 g/mol. The zero-order valence-corrected chi connectivity index (χ0v) is 12.0. The van der Waals surface area contributed by atoms with Crippen LogP contribution < -0.4 is 10.6 Å². The maximum Gasteiger partial charge on any atom is 0.221 e. The van der Waals surface area contributed by atoms with E-state index in [-0.39, 0.29) is 18.1 Å². The van der Waals surface area contributed by atoms with Crippen molar-refractivity contribution in [1.82, 2.24) is 10.6 Å². The Morgan fingerprint density at radius 1 is 1.16 bits per heavy atom. The van der Waals surface area contributed by atoms with E-state index in [0.29, 0.717) is 19.5 Å². The van der Waals surface area contributed by atoms with Crippen LogP contribution in [0.4, 0.5) is 0 Å². The van der Waals surface area contributed by atoms with Gasteiger partial charge >= 0.3 is 0 Å². The van der Waals surface area contributed by atoms with E-state index in [2.05, 4.69) is 31.4 Å². The molecule has 0 radical (unpaired) electrons. The van der Waals surface area contributed by atoms with Gasteiger partial charge in [0.1, 0.15) is 0 Å². The van der Waals surface area contributed by atoms with Crippen molar-refractivity contribution in [2.24, 2.45) is 0 Å². The molecule has 3 N–H and O–H groups in total. The number of rotatable bonds is 6. The van der Waals surface area contributed by atoms with E-state index in [1.54, 1.807) is 0 Å². The minimum absolute atomic E-state index is 0.0421. The molecule has 0 aliphatic heterocycles. The van der Waals surface area contributed by atoms with Gasteiger partial charge in [-0.2, -0.15) is 0 Å². The molecule has 0 bridgehead atoms. The van der Waals surface area contributed by atoms with Crippen molar-refractivity contribution in [3.8, 4) is 0 Å². The molecular formula is C15H24N2O2. The summed E-state index contributed by atoms with van der Waals surface area (Å²) >= 11 is 0. The van der Waals surface area contributed by atoms with Crippen LogP contribution in [0.15, 0.2) is 24.3 Å². The molecule has 0 atom stereocenters. The second-order valence-corrected chi connectivity index (χ2v) is 5.68. The van der Waals surface area contributed by atoms with E-state index in [4.69, 9.17) is 5.11 Å². The molecule has 0 aliphatic rings. The molecule has 0 fully saturated rings. The van der Waals surface area contributed by atoms with Crippen molar-refractivity contribution < 1.29 is 9.90 Å². The number of aliphatic hydroxyl groups excluding tert-OH is 1. The Labute approximate surface area is 115 Å². The Hall–Kier alpha value is -1.39. The molecule has 0 saturated heterocycles. The van der Waals surface area contributed by atoms with Gasteiger partial charge in [0, 0.05) is 25.0 Å². The summed E-state index contributed by atoms with van der Waals surface area (Å²) in [5.41, 5.74) is 1.96. The number of aliphatic hydroxyl groups is 1. The van der Waals surface area contributed by atoms with Gasteiger partial charge < -0.3 is 15.7 Å². The predicted octanol–water partition coefficient (Wildman–Crippen LogP) is 1.57. The van der Waals surface area contributed by atoms with Gasteiger partial charge in [0.2, 0.25) is 5.91 Å². The second-order valence-electron chi connectivity index (χ2n) is 5.68. The third-order valence-electron chi connectivity index (χ3n) is 2.70. The van der Waals surface area contributed by atoms with Gasteiger partial charge in [-0.25, -0.2) is 0 Å². The van der Waals surface area contributed by atoms with Crippen molar-refractivity contribution in [3.63, 3.8) is 0 Å². The van der Waals surface area contributed by atoms with Gasteiger partial charge in [-0.3, -0.25) is 4.79 Å². The van der Waals surface area contributed by atoms with Crippen LogP contribution in [0.2, 0.25) is 0 Å². The molecular weight excluding hydrogens is 240 g/mol. The third kappa shape index (κ3) is 6.94. The summed E-state index contributed by atoms with van der Waals surface area (Å²) in [7, 11) is 0. The molecule has 0 spiro atoms. The average molecular weight is 264 g/mol. The standard InChI is InChI=1S/C15H24N2O2/c1-15(2,3)17-9-8-14(19)16-10-12-4-6-13(11-18)7-5-12/h4-7,17-18H,8-11H2,1-3H3,(H,16,19). The number of amides is 1. The lowest BCUT2D eigenvalue weighted by Crippen LogP contribution is -2.38. The van der Waals surface area contributed by atoms with Crippen LogP contribution in [0.5, 0.6) is 0 Å². The molecule has 1 amide bonds. The lowest BCUT2D eigenvalue weighted by molar-refractivity contribution is -0.121. The normalized spacial score (nSPS) is 11.4. The maximum absolute atomic E-state index is 11.6. The number of hydrogen-bond acceptors (Lipinski definition) is 3. The maximum atomic E-state index is 11.6. The molecule has 0 saturated carbocycles. The van der Waals surface area contributed by atoms with E-state index >= 15 is 0 Å². The Morgan fingerprint density at radius 2 is 1.74 bits per heavy atom. The first-order valence-electron chi connectivity index (χ1n) is 6.61. The number of hydrogen-bond donors (Lipinski definition) is 3. The summed E-state index contributed by atoms with van der Waals surface area (Å²) in [6.07, 6.45) is 0.478. The first-order valence-corrected chi connectivity index (χ1v) is 6.61. The molecule has 1 aromatic carbocycles. The SMILES string of the molecule is CC(C)(C)NCCC(=O)NCc1ccc(CO)cc1. The number of nitrogens with one attached hydrogen (secondary N) is 2. The number of benzene rings is 1. The summed E-state index contributed by atoms with van der Waals surface area (Å²) in [4.78, 5) is 11.6. The Kier molecular flexibility index (Phi) is 5.99. The number of carbonyl (C=O) groups excluding carboxylic acids is 1. The molecule has 1 aromatic rings. The van der Waals surface area contributed by atoms with Crippen molar-refractivity contribution in [3.05, 3.63) is 35.4 Å². The van der Waals surface area contributed by atoms with Gasteiger partial charge in [0.05, 0.1) is 6.61 Å². The highest BCUT2D eigenvalue weighted by Gasteiger charge is 2.09. The molecule has 4 heteroatoms. The van der Waals surface area contributed by atoms with Crippen molar-refractivity contribution in [2.75, 3.05) is 6.54 Å². The van der Waals surface area contributed by atoms with Gasteiger partial charge in [0.25, 0.3) is 0 Å². The Bertz CT molecular complexity index is 394. The van der Waals surface area contributed by atoms with E-state index in [1.165, 1.54) is 0 Å². The zero-order chi connectivity index (χ0) is 14.3. The average Bonchev–Trinajstić information content (AvgIpc) is 2.35. The van der Waals surface area contributed by atoms with Crippen LogP contribution in [0.3, 0.4) is 0 Å². The molecule has 0 unspecified atom stereocenters. The van der Waals surface area contributed by atoms with Crippen LogP contribution >= 0.6 is 0 Å². The molecule has 1 rings (SSSR count). The van der Waals surface area contributed by atoms with Crippen molar-refractivity contribution in [2.45, 2.75) is 45.9 Å². The highest BCUT2D eigenvalue weighted by Crippen LogP contribution is 2.04. The van der Waals surface area contributed by atoms with Crippen molar-refractivity contribution >= 4 is 5.91 Å². The minimum Gasteiger partial charge on any atom is -0.392 e. The largest absolute Gasteiger partial charge is 0.392 e. The zero-order valence-electron chi connectivity index (χ0n) is 12.0. The fraction of sp³-hybridized carbons (Fsp3) is 0.533. The highest BCUT2D eigenvalue weighted by molar-refractivity contribution is 5.76. The van der Waals surface area contributed by atoms with E-state index in [0.717, 1.165) is 11.1 Å². The second kappa shape index (κ2) is 7.26. The van der Waals surface area contributed by atoms with Crippen LogP contribution in [0.25, 0.3) is 0 Å². The summed E-state index contributed by atoms with van der Waals surface area (Å²) < 4.78 is 0. The van der Waals surface area contributed by atoms with Gasteiger partial charge in [-0.15, -0.1) is 0 Å². The fourth-order valence-corrected chi connectivity index (χ4v) is 1.60. The summed E-state index contributed by atoms with van der Waals surface area (Å²) in [6.45, 7) is 7.48. The summed E-state index contributed by atoms with van der Waals surface area (Å²) in [6, 6.07) is 7.56. The topological polar surface area (TPSA) is 61.4 Å². The molecule has 0 heterocycles. The lowest BCUT2D eigenvalue weighted by Gasteiger charge is -2.20. The summed E-state index contributed by atoms with van der Waals surface area (Å²) in [5.74, 6) is 0.0444. The number of carbonyl (C=O) groups is 1.